The Balaban J connectivity index is 2.22. The van der Waals surface area contributed by atoms with Gasteiger partial charge in [0, 0.05) is 12.6 Å². The smallest absolute Gasteiger partial charge is 0.334 e. The topological polar surface area (TPSA) is 108 Å². The van der Waals surface area contributed by atoms with Crippen molar-refractivity contribution < 1.29 is 24.5 Å². The number of carboxylic acids is 1. The summed E-state index contributed by atoms with van der Waals surface area (Å²) in [6.07, 6.45) is 0.00162. The molecule has 0 aliphatic carbocycles. The Bertz CT molecular complexity index is 284. The zero-order chi connectivity index (χ0) is 12.8. The molecule has 1 aliphatic heterocycles. The molecule has 0 aromatic heterocycles. The molecule has 17 heavy (non-hydrogen) atoms. The Kier molecular flexibility index (Phi) is 5.17. The Morgan fingerprint density at radius 1 is 1.53 bits per heavy atom. The van der Waals surface area contributed by atoms with Gasteiger partial charge in [-0.1, -0.05) is 0 Å². The number of aliphatic hydroxyl groups excluding tert-OH is 1. The minimum absolute atomic E-state index is 0.0284. The Hall–Kier alpha value is -1.34. The van der Waals surface area contributed by atoms with Gasteiger partial charge in [0.2, 0.25) is 0 Å². The van der Waals surface area contributed by atoms with Crippen molar-refractivity contribution >= 4 is 12.0 Å². The average Bonchev–Trinajstić information content (AvgIpc) is 2.25. The first-order chi connectivity index (χ1) is 7.99. The first-order valence-corrected chi connectivity index (χ1v) is 5.56. The fourth-order valence-corrected chi connectivity index (χ4v) is 1.64. The highest BCUT2D eigenvalue weighted by molar-refractivity contribution is 5.76. The summed E-state index contributed by atoms with van der Waals surface area (Å²) in [6.45, 7) is 2.23. The molecule has 0 bridgehead atoms. The van der Waals surface area contributed by atoms with E-state index in [0.29, 0.717) is 6.61 Å². The van der Waals surface area contributed by atoms with E-state index in [2.05, 4.69) is 10.6 Å². The van der Waals surface area contributed by atoms with Crippen LogP contribution in [0.4, 0.5) is 4.79 Å². The van der Waals surface area contributed by atoms with Gasteiger partial charge in [-0.25, -0.2) is 9.59 Å². The summed E-state index contributed by atoms with van der Waals surface area (Å²) >= 11 is 0. The number of aliphatic carboxylic acids is 1. The fraction of sp³-hybridized carbons (Fsp3) is 0.800. The van der Waals surface area contributed by atoms with E-state index in [9.17, 15) is 9.59 Å². The van der Waals surface area contributed by atoms with Crippen molar-refractivity contribution in [1.29, 1.82) is 0 Å². The number of carbonyl (C=O) groups excluding carboxylic acids is 1. The predicted molar refractivity (Wildman–Crippen MR) is 58.6 cm³/mol. The number of hydrogen-bond acceptors (Lipinski definition) is 4. The first-order valence-electron chi connectivity index (χ1n) is 5.56. The van der Waals surface area contributed by atoms with Crippen LogP contribution in [0.3, 0.4) is 0 Å². The molecule has 1 saturated heterocycles. The van der Waals surface area contributed by atoms with Crippen LogP contribution in [0.15, 0.2) is 0 Å². The lowest BCUT2D eigenvalue weighted by Crippen LogP contribution is -2.48. The highest BCUT2D eigenvalue weighted by atomic mass is 16.5. The monoisotopic (exact) mass is 246 g/mol. The van der Waals surface area contributed by atoms with Crippen LogP contribution in [0.1, 0.15) is 19.8 Å². The lowest BCUT2D eigenvalue weighted by molar-refractivity contribution is -0.146. The Labute approximate surface area is 99.1 Å². The van der Waals surface area contributed by atoms with Crippen LogP contribution in [0, 0.1) is 0 Å². The largest absolute Gasteiger partial charge is 0.479 e. The van der Waals surface area contributed by atoms with Crippen molar-refractivity contribution in [3.63, 3.8) is 0 Å². The number of carbonyl (C=O) groups is 2. The van der Waals surface area contributed by atoms with Gasteiger partial charge >= 0.3 is 12.0 Å². The summed E-state index contributed by atoms with van der Waals surface area (Å²) < 4.78 is 5.33. The number of rotatable bonds is 4. The quantitative estimate of drug-likeness (QED) is 0.524. The van der Waals surface area contributed by atoms with Crippen LogP contribution in [0.25, 0.3) is 0 Å². The number of carboxylic acid groups (broad SMARTS) is 1. The summed E-state index contributed by atoms with van der Waals surface area (Å²) in [5.74, 6) is -1.36. The normalized spacial score (nSPS) is 26.0. The van der Waals surface area contributed by atoms with Gasteiger partial charge < -0.3 is 25.6 Å². The third-order valence-corrected chi connectivity index (χ3v) is 2.56. The van der Waals surface area contributed by atoms with E-state index in [0.717, 1.165) is 12.8 Å². The van der Waals surface area contributed by atoms with Gasteiger partial charge in [0.15, 0.2) is 6.10 Å². The van der Waals surface area contributed by atoms with E-state index in [4.69, 9.17) is 14.9 Å². The number of aliphatic hydroxyl groups is 1. The molecule has 3 atom stereocenters. The zero-order valence-electron chi connectivity index (χ0n) is 9.68. The van der Waals surface area contributed by atoms with E-state index in [1.165, 1.54) is 0 Å². The van der Waals surface area contributed by atoms with E-state index in [-0.39, 0.29) is 18.7 Å². The highest BCUT2D eigenvalue weighted by Crippen LogP contribution is 2.12. The van der Waals surface area contributed by atoms with E-state index in [1.54, 1.807) is 0 Å². The molecule has 1 heterocycles. The van der Waals surface area contributed by atoms with Gasteiger partial charge in [0.1, 0.15) is 0 Å². The number of hydrogen-bond donors (Lipinski definition) is 4. The van der Waals surface area contributed by atoms with Crippen LogP contribution < -0.4 is 10.6 Å². The molecular formula is C10H18N2O5. The van der Waals surface area contributed by atoms with Gasteiger partial charge in [-0.2, -0.15) is 0 Å². The molecular weight excluding hydrogens is 228 g/mol. The second kappa shape index (κ2) is 6.41. The zero-order valence-corrected chi connectivity index (χ0v) is 9.68. The van der Waals surface area contributed by atoms with Crippen LogP contribution >= 0.6 is 0 Å². The second-order valence-electron chi connectivity index (χ2n) is 4.11. The SMILES string of the molecule is CC1CC(NC(=O)NC[C@H](O)C(=O)O)CCO1. The van der Waals surface area contributed by atoms with Crippen LogP contribution in [-0.2, 0) is 9.53 Å². The fourth-order valence-electron chi connectivity index (χ4n) is 1.64. The molecule has 1 fully saturated rings. The molecule has 0 saturated carbocycles. The summed E-state index contributed by atoms with van der Waals surface area (Å²) in [4.78, 5) is 21.7. The molecule has 7 heteroatoms. The highest BCUT2D eigenvalue weighted by Gasteiger charge is 2.21. The van der Waals surface area contributed by atoms with Crippen molar-refractivity contribution in [1.82, 2.24) is 10.6 Å². The van der Waals surface area contributed by atoms with Crippen molar-refractivity contribution in [2.45, 2.75) is 38.0 Å². The summed E-state index contributed by atoms with van der Waals surface area (Å²) in [6, 6.07) is -0.440. The Morgan fingerprint density at radius 3 is 2.82 bits per heavy atom. The maximum absolute atomic E-state index is 11.4. The third kappa shape index (κ3) is 5.01. The van der Waals surface area contributed by atoms with Gasteiger partial charge in [0.25, 0.3) is 0 Å². The molecule has 0 radical (unpaired) electrons. The summed E-state index contributed by atoms with van der Waals surface area (Å²) in [7, 11) is 0. The van der Waals surface area contributed by atoms with Crippen molar-refractivity contribution in [2.75, 3.05) is 13.2 Å². The van der Waals surface area contributed by atoms with Crippen LogP contribution in [0.2, 0.25) is 0 Å². The molecule has 98 valence electrons. The molecule has 1 aliphatic rings. The molecule has 4 N–H and O–H groups in total. The average molecular weight is 246 g/mol. The molecule has 2 amide bonds. The van der Waals surface area contributed by atoms with Gasteiger partial charge in [-0.3, -0.25) is 0 Å². The molecule has 0 aromatic carbocycles. The van der Waals surface area contributed by atoms with Gasteiger partial charge in [-0.05, 0) is 19.8 Å². The van der Waals surface area contributed by atoms with Crippen LogP contribution in [-0.4, -0.2) is 53.6 Å². The summed E-state index contributed by atoms with van der Waals surface area (Å²) in [5, 5.41) is 22.4. The molecule has 1 rings (SSSR count). The lowest BCUT2D eigenvalue weighted by atomic mass is 10.0. The molecule has 7 nitrogen and oxygen atoms in total. The maximum Gasteiger partial charge on any atom is 0.334 e. The van der Waals surface area contributed by atoms with Gasteiger partial charge in [0.05, 0.1) is 12.6 Å². The number of urea groups is 1. The standard InChI is InChI=1S/C10H18N2O5/c1-6-4-7(2-3-17-6)12-10(16)11-5-8(13)9(14)15/h6-8,13H,2-5H2,1H3,(H,14,15)(H2,11,12,16)/t6?,7?,8-/m0/s1. The number of ether oxygens (including phenoxy) is 1. The lowest BCUT2D eigenvalue weighted by Gasteiger charge is -2.28. The first kappa shape index (κ1) is 13.7. The van der Waals surface area contributed by atoms with E-state index < -0.39 is 18.1 Å². The maximum atomic E-state index is 11.4. The van der Waals surface area contributed by atoms with Gasteiger partial charge in [-0.15, -0.1) is 0 Å². The predicted octanol–water partition coefficient (Wildman–Crippen LogP) is -0.701. The molecule has 2 unspecified atom stereocenters. The van der Waals surface area contributed by atoms with E-state index >= 15 is 0 Å². The van der Waals surface area contributed by atoms with Crippen LogP contribution in [0.5, 0.6) is 0 Å². The second-order valence-corrected chi connectivity index (χ2v) is 4.11. The molecule has 0 spiro atoms. The summed E-state index contributed by atoms with van der Waals surface area (Å²) in [5.41, 5.74) is 0. The third-order valence-electron chi connectivity index (χ3n) is 2.56. The van der Waals surface area contributed by atoms with Crippen molar-refractivity contribution in [3.05, 3.63) is 0 Å². The van der Waals surface area contributed by atoms with Crippen molar-refractivity contribution in [2.24, 2.45) is 0 Å². The minimum Gasteiger partial charge on any atom is -0.479 e. The van der Waals surface area contributed by atoms with E-state index in [1.807, 2.05) is 6.92 Å². The molecule has 0 aromatic rings. The number of nitrogens with one attached hydrogen (secondary N) is 2. The number of amides is 2. The van der Waals surface area contributed by atoms with Crippen molar-refractivity contribution in [3.8, 4) is 0 Å². The Morgan fingerprint density at radius 2 is 2.24 bits per heavy atom. The minimum atomic E-state index is -1.57.